The Balaban J connectivity index is 1.62. The zero-order valence-corrected chi connectivity index (χ0v) is 9.16. The van der Waals surface area contributed by atoms with Gasteiger partial charge in [-0.1, -0.05) is 6.42 Å². The van der Waals surface area contributed by atoms with Crippen molar-refractivity contribution in [1.29, 1.82) is 0 Å². The van der Waals surface area contributed by atoms with E-state index in [1.165, 1.54) is 19.3 Å². The SMILES string of the molecule is Cc1ccc(NCCNC2CCC2)nn1. The monoisotopic (exact) mass is 206 g/mol. The third-order valence-electron chi connectivity index (χ3n) is 2.77. The van der Waals surface area contributed by atoms with E-state index in [1.54, 1.807) is 0 Å². The molecule has 4 heteroatoms. The van der Waals surface area contributed by atoms with Crippen molar-refractivity contribution < 1.29 is 0 Å². The van der Waals surface area contributed by atoms with Crippen molar-refractivity contribution in [3.05, 3.63) is 17.8 Å². The van der Waals surface area contributed by atoms with Gasteiger partial charge in [0.05, 0.1) is 5.69 Å². The standard InChI is InChI=1S/C11H18N4/c1-9-5-6-11(15-14-9)13-8-7-12-10-3-2-4-10/h5-6,10,12H,2-4,7-8H2,1H3,(H,13,15). The summed E-state index contributed by atoms with van der Waals surface area (Å²) in [5.74, 6) is 0.857. The van der Waals surface area contributed by atoms with E-state index in [4.69, 9.17) is 0 Å². The molecule has 2 rings (SSSR count). The van der Waals surface area contributed by atoms with Gasteiger partial charge >= 0.3 is 0 Å². The van der Waals surface area contributed by atoms with Crippen LogP contribution in [-0.4, -0.2) is 29.3 Å². The van der Waals surface area contributed by atoms with Crippen molar-refractivity contribution in [1.82, 2.24) is 15.5 Å². The maximum Gasteiger partial charge on any atom is 0.148 e. The number of nitrogens with one attached hydrogen (secondary N) is 2. The van der Waals surface area contributed by atoms with Gasteiger partial charge in [-0.25, -0.2) is 0 Å². The topological polar surface area (TPSA) is 49.8 Å². The summed E-state index contributed by atoms with van der Waals surface area (Å²) < 4.78 is 0. The molecule has 2 N–H and O–H groups in total. The van der Waals surface area contributed by atoms with E-state index in [2.05, 4.69) is 20.8 Å². The number of hydrogen-bond donors (Lipinski definition) is 2. The molecule has 0 unspecified atom stereocenters. The number of aryl methyl sites for hydroxylation is 1. The molecular formula is C11H18N4. The molecule has 1 aliphatic carbocycles. The molecule has 1 aromatic rings. The molecule has 0 bridgehead atoms. The summed E-state index contributed by atoms with van der Waals surface area (Å²) >= 11 is 0. The van der Waals surface area contributed by atoms with Crippen LogP contribution >= 0.6 is 0 Å². The first kappa shape index (κ1) is 10.4. The van der Waals surface area contributed by atoms with Gasteiger partial charge < -0.3 is 10.6 Å². The Hall–Kier alpha value is -1.16. The second-order valence-corrected chi connectivity index (χ2v) is 4.07. The Morgan fingerprint density at radius 3 is 2.73 bits per heavy atom. The van der Waals surface area contributed by atoms with Crippen LogP contribution in [-0.2, 0) is 0 Å². The lowest BCUT2D eigenvalue weighted by Crippen LogP contribution is -2.37. The van der Waals surface area contributed by atoms with Crippen molar-refractivity contribution in [2.24, 2.45) is 0 Å². The molecule has 82 valence electrons. The van der Waals surface area contributed by atoms with Crippen LogP contribution in [0.2, 0.25) is 0 Å². The molecule has 1 fully saturated rings. The second kappa shape index (κ2) is 5.07. The van der Waals surface area contributed by atoms with E-state index >= 15 is 0 Å². The van der Waals surface area contributed by atoms with Gasteiger partial charge in [-0.2, -0.15) is 5.10 Å². The Labute approximate surface area is 90.5 Å². The summed E-state index contributed by atoms with van der Waals surface area (Å²) in [5, 5.41) is 14.8. The molecule has 0 radical (unpaired) electrons. The average Bonchev–Trinajstić information content (AvgIpc) is 2.18. The number of aromatic nitrogens is 2. The maximum absolute atomic E-state index is 4.04. The molecule has 0 atom stereocenters. The van der Waals surface area contributed by atoms with Crippen LogP contribution in [0.5, 0.6) is 0 Å². The molecule has 0 aliphatic heterocycles. The average molecular weight is 206 g/mol. The normalized spacial score (nSPS) is 16.1. The number of hydrogen-bond acceptors (Lipinski definition) is 4. The minimum absolute atomic E-state index is 0.760. The lowest BCUT2D eigenvalue weighted by Gasteiger charge is -2.26. The van der Waals surface area contributed by atoms with Crippen LogP contribution in [0.15, 0.2) is 12.1 Å². The van der Waals surface area contributed by atoms with Gasteiger partial charge in [0.15, 0.2) is 0 Å². The molecule has 1 saturated carbocycles. The summed E-state index contributed by atoms with van der Waals surface area (Å²) in [4.78, 5) is 0. The first-order chi connectivity index (χ1) is 7.34. The molecule has 0 spiro atoms. The molecule has 1 aliphatic rings. The molecule has 0 aromatic carbocycles. The van der Waals surface area contributed by atoms with Crippen LogP contribution in [0.1, 0.15) is 25.0 Å². The lowest BCUT2D eigenvalue weighted by molar-refractivity contribution is 0.345. The largest absolute Gasteiger partial charge is 0.367 e. The maximum atomic E-state index is 4.04. The van der Waals surface area contributed by atoms with Gasteiger partial charge in [-0.3, -0.25) is 0 Å². The molecule has 4 nitrogen and oxygen atoms in total. The van der Waals surface area contributed by atoms with Crippen LogP contribution in [0.25, 0.3) is 0 Å². The van der Waals surface area contributed by atoms with Crippen LogP contribution in [0.4, 0.5) is 5.82 Å². The highest BCUT2D eigenvalue weighted by Gasteiger charge is 2.15. The number of anilines is 1. The predicted octanol–water partition coefficient (Wildman–Crippen LogP) is 1.34. The smallest absolute Gasteiger partial charge is 0.148 e. The molecular weight excluding hydrogens is 188 g/mol. The van der Waals surface area contributed by atoms with Gasteiger partial charge in [-0.15, -0.1) is 5.10 Å². The number of rotatable bonds is 5. The van der Waals surface area contributed by atoms with Gasteiger partial charge in [0.25, 0.3) is 0 Å². The first-order valence-electron chi connectivity index (χ1n) is 5.62. The summed E-state index contributed by atoms with van der Waals surface area (Å²) in [7, 11) is 0. The zero-order chi connectivity index (χ0) is 10.5. The Morgan fingerprint density at radius 2 is 2.13 bits per heavy atom. The van der Waals surface area contributed by atoms with Gasteiger partial charge in [0, 0.05) is 19.1 Å². The van der Waals surface area contributed by atoms with E-state index in [0.717, 1.165) is 30.6 Å². The lowest BCUT2D eigenvalue weighted by atomic mass is 9.93. The van der Waals surface area contributed by atoms with Crippen LogP contribution in [0.3, 0.4) is 0 Å². The molecule has 0 saturated heterocycles. The van der Waals surface area contributed by atoms with E-state index in [-0.39, 0.29) is 0 Å². The summed E-state index contributed by atoms with van der Waals surface area (Å²) in [5.41, 5.74) is 0.952. The minimum atomic E-state index is 0.760. The highest BCUT2D eigenvalue weighted by atomic mass is 15.2. The second-order valence-electron chi connectivity index (χ2n) is 4.07. The fourth-order valence-corrected chi connectivity index (χ4v) is 1.57. The van der Waals surface area contributed by atoms with Gasteiger partial charge in [0.1, 0.15) is 5.82 Å². The molecule has 1 aromatic heterocycles. The summed E-state index contributed by atoms with van der Waals surface area (Å²) in [6.07, 6.45) is 4.06. The van der Waals surface area contributed by atoms with Gasteiger partial charge in [-0.05, 0) is 31.9 Å². The Bertz CT molecular complexity index is 292. The molecule has 1 heterocycles. The van der Waals surface area contributed by atoms with Crippen molar-refractivity contribution >= 4 is 5.82 Å². The van der Waals surface area contributed by atoms with Crippen molar-refractivity contribution in [2.45, 2.75) is 32.2 Å². The molecule has 15 heavy (non-hydrogen) atoms. The highest BCUT2D eigenvalue weighted by Crippen LogP contribution is 2.17. The van der Waals surface area contributed by atoms with Crippen molar-refractivity contribution in [2.75, 3.05) is 18.4 Å². The summed E-state index contributed by atoms with van der Waals surface area (Å²) in [6.45, 7) is 3.85. The fraction of sp³-hybridized carbons (Fsp3) is 0.636. The van der Waals surface area contributed by atoms with E-state index < -0.39 is 0 Å². The van der Waals surface area contributed by atoms with E-state index in [1.807, 2.05) is 19.1 Å². The van der Waals surface area contributed by atoms with Crippen molar-refractivity contribution in [3.63, 3.8) is 0 Å². The fourth-order valence-electron chi connectivity index (χ4n) is 1.57. The molecule has 0 amide bonds. The quantitative estimate of drug-likeness (QED) is 0.714. The van der Waals surface area contributed by atoms with Crippen LogP contribution < -0.4 is 10.6 Å². The Kier molecular flexibility index (Phi) is 3.50. The number of nitrogens with zero attached hydrogens (tertiary/aromatic N) is 2. The predicted molar refractivity (Wildman–Crippen MR) is 60.9 cm³/mol. The third kappa shape index (κ3) is 3.16. The van der Waals surface area contributed by atoms with E-state index in [0.29, 0.717) is 0 Å². The minimum Gasteiger partial charge on any atom is -0.367 e. The van der Waals surface area contributed by atoms with E-state index in [9.17, 15) is 0 Å². The first-order valence-corrected chi connectivity index (χ1v) is 5.62. The van der Waals surface area contributed by atoms with Crippen molar-refractivity contribution in [3.8, 4) is 0 Å². The third-order valence-corrected chi connectivity index (χ3v) is 2.77. The van der Waals surface area contributed by atoms with Gasteiger partial charge in [0.2, 0.25) is 0 Å². The zero-order valence-electron chi connectivity index (χ0n) is 9.16. The highest BCUT2D eigenvalue weighted by molar-refractivity contribution is 5.32. The Morgan fingerprint density at radius 1 is 1.27 bits per heavy atom. The summed E-state index contributed by atoms with van der Waals surface area (Å²) in [6, 6.07) is 4.69. The van der Waals surface area contributed by atoms with Crippen LogP contribution in [0, 0.1) is 6.92 Å².